The maximum atomic E-state index is 13.0. The molecule has 0 aliphatic carbocycles. The minimum atomic E-state index is -0.481. The van der Waals surface area contributed by atoms with Gasteiger partial charge in [0.25, 0.3) is 0 Å². The highest BCUT2D eigenvalue weighted by atomic mass is 79.9. The topological polar surface area (TPSA) is 89.3 Å². The summed E-state index contributed by atoms with van der Waals surface area (Å²) in [6.45, 7) is 2.24. The van der Waals surface area contributed by atoms with Crippen molar-refractivity contribution < 1.29 is 14.3 Å². The van der Waals surface area contributed by atoms with Gasteiger partial charge in [0.2, 0.25) is 11.8 Å². The van der Waals surface area contributed by atoms with E-state index in [0.717, 1.165) is 10.0 Å². The molecule has 3 aromatic rings. The summed E-state index contributed by atoms with van der Waals surface area (Å²) in [7, 11) is 1.57. The van der Waals surface area contributed by atoms with Gasteiger partial charge in [0.15, 0.2) is 0 Å². The normalized spacial score (nSPS) is 16.0. The molecule has 1 atom stereocenters. The zero-order valence-electron chi connectivity index (χ0n) is 16.5. The second-order valence-electron chi connectivity index (χ2n) is 7.07. The molecule has 30 heavy (non-hydrogen) atoms. The van der Waals surface area contributed by atoms with Crippen LogP contribution >= 0.6 is 15.9 Å². The summed E-state index contributed by atoms with van der Waals surface area (Å²) in [5, 5.41) is 7.08. The molecular formula is C21H20BrN5O3. The van der Waals surface area contributed by atoms with Gasteiger partial charge in [0.05, 0.1) is 30.1 Å². The third-order valence-electron chi connectivity index (χ3n) is 5.00. The van der Waals surface area contributed by atoms with Gasteiger partial charge in [-0.25, -0.2) is 9.67 Å². The van der Waals surface area contributed by atoms with E-state index in [1.54, 1.807) is 29.1 Å². The lowest BCUT2D eigenvalue weighted by atomic mass is 10.1. The Balaban J connectivity index is 1.56. The quantitative estimate of drug-likeness (QED) is 0.618. The molecule has 0 bridgehead atoms. The molecule has 1 fully saturated rings. The number of methoxy groups -OCH3 is 1. The highest BCUT2D eigenvalue weighted by Gasteiger charge is 2.36. The first-order chi connectivity index (χ1) is 14.5. The molecule has 8 nitrogen and oxygen atoms in total. The molecule has 154 valence electrons. The summed E-state index contributed by atoms with van der Waals surface area (Å²) in [5.74, 6) is -0.206. The molecule has 9 heteroatoms. The Morgan fingerprint density at radius 3 is 2.80 bits per heavy atom. The van der Waals surface area contributed by atoms with Gasteiger partial charge in [-0.3, -0.25) is 9.59 Å². The Bertz CT molecular complexity index is 1100. The summed E-state index contributed by atoms with van der Waals surface area (Å²) in [4.78, 5) is 31.3. The number of hydrogen-bond acceptors (Lipinski definition) is 5. The van der Waals surface area contributed by atoms with Crippen LogP contribution in [0.3, 0.4) is 0 Å². The van der Waals surface area contributed by atoms with E-state index < -0.39 is 5.92 Å². The van der Waals surface area contributed by atoms with E-state index in [-0.39, 0.29) is 24.8 Å². The first-order valence-electron chi connectivity index (χ1n) is 9.36. The van der Waals surface area contributed by atoms with E-state index in [9.17, 15) is 9.59 Å². The number of rotatable bonds is 5. The second-order valence-corrected chi connectivity index (χ2v) is 7.99. The van der Waals surface area contributed by atoms with Crippen LogP contribution in [0.25, 0.3) is 5.69 Å². The molecule has 1 saturated heterocycles. The molecule has 1 aliphatic heterocycles. The second kappa shape index (κ2) is 8.27. The average Bonchev–Trinajstić information content (AvgIpc) is 3.38. The van der Waals surface area contributed by atoms with Crippen molar-refractivity contribution in [1.29, 1.82) is 0 Å². The number of carbonyl (C=O) groups excluding carboxylic acids is 2. The van der Waals surface area contributed by atoms with Crippen molar-refractivity contribution in [2.75, 3.05) is 23.9 Å². The van der Waals surface area contributed by atoms with Crippen molar-refractivity contribution in [1.82, 2.24) is 14.8 Å². The first-order valence-corrected chi connectivity index (χ1v) is 10.2. The SMILES string of the molecule is COc1ccc(C)cc1N1CC(C(=O)Nc2cc(Br)ccc2-n2cncn2)CC1=O. The van der Waals surface area contributed by atoms with Crippen LogP contribution in [-0.2, 0) is 9.59 Å². The number of nitrogens with zero attached hydrogens (tertiary/aromatic N) is 4. The van der Waals surface area contributed by atoms with Crippen molar-refractivity contribution in [2.24, 2.45) is 5.92 Å². The molecule has 1 N–H and O–H groups in total. The summed E-state index contributed by atoms with van der Waals surface area (Å²) < 4.78 is 7.80. The number of nitrogens with one attached hydrogen (secondary N) is 1. The van der Waals surface area contributed by atoms with Crippen LogP contribution in [0.15, 0.2) is 53.5 Å². The van der Waals surface area contributed by atoms with Crippen LogP contribution in [-0.4, -0.2) is 40.2 Å². The lowest BCUT2D eigenvalue weighted by molar-refractivity contribution is -0.122. The standard InChI is InChI=1S/C21H20BrN5O3/c1-13-3-6-19(30-2)18(7-13)26-10-14(8-20(26)28)21(29)25-16-9-15(22)4-5-17(16)27-12-23-11-24-27/h3-7,9,11-12,14H,8,10H2,1-2H3,(H,25,29). The van der Waals surface area contributed by atoms with E-state index in [4.69, 9.17) is 4.74 Å². The summed E-state index contributed by atoms with van der Waals surface area (Å²) in [6.07, 6.45) is 3.12. The summed E-state index contributed by atoms with van der Waals surface area (Å²) in [6, 6.07) is 11.1. The number of amides is 2. The maximum Gasteiger partial charge on any atom is 0.229 e. The van der Waals surface area contributed by atoms with E-state index in [1.165, 1.54) is 6.33 Å². The van der Waals surface area contributed by atoms with Crippen molar-refractivity contribution >= 4 is 39.1 Å². The zero-order chi connectivity index (χ0) is 21.3. The third kappa shape index (κ3) is 3.93. The fourth-order valence-corrected chi connectivity index (χ4v) is 3.86. The molecule has 1 aliphatic rings. The van der Waals surface area contributed by atoms with Gasteiger partial charge in [-0.2, -0.15) is 5.10 Å². The predicted octanol–water partition coefficient (Wildman–Crippen LogP) is 3.34. The van der Waals surface area contributed by atoms with Crippen LogP contribution in [0.1, 0.15) is 12.0 Å². The van der Waals surface area contributed by atoms with Crippen LogP contribution in [0.2, 0.25) is 0 Å². The highest BCUT2D eigenvalue weighted by molar-refractivity contribution is 9.10. The van der Waals surface area contributed by atoms with Crippen molar-refractivity contribution in [3.8, 4) is 11.4 Å². The van der Waals surface area contributed by atoms with Crippen molar-refractivity contribution in [3.05, 3.63) is 59.1 Å². The first kappa shape index (κ1) is 20.1. The fraction of sp³-hybridized carbons (Fsp3) is 0.238. The molecule has 0 saturated carbocycles. The maximum absolute atomic E-state index is 13.0. The number of aryl methyl sites for hydroxylation is 1. The Morgan fingerprint density at radius 1 is 1.23 bits per heavy atom. The fourth-order valence-electron chi connectivity index (χ4n) is 3.50. The summed E-state index contributed by atoms with van der Waals surface area (Å²) >= 11 is 3.43. The molecule has 1 unspecified atom stereocenters. The molecule has 0 spiro atoms. The van der Waals surface area contributed by atoms with Crippen LogP contribution < -0.4 is 15.0 Å². The Kier molecular flexibility index (Phi) is 5.54. The number of ether oxygens (including phenoxy) is 1. The van der Waals surface area contributed by atoms with Gasteiger partial charge in [0, 0.05) is 17.4 Å². The highest BCUT2D eigenvalue weighted by Crippen LogP contribution is 2.34. The Hall–Kier alpha value is -3.20. The Labute approximate surface area is 182 Å². The number of halogens is 1. The number of anilines is 2. The van der Waals surface area contributed by atoms with Gasteiger partial charge in [-0.15, -0.1) is 0 Å². The number of benzene rings is 2. The molecule has 4 rings (SSSR count). The van der Waals surface area contributed by atoms with Crippen molar-refractivity contribution in [3.63, 3.8) is 0 Å². The number of aromatic nitrogens is 3. The largest absolute Gasteiger partial charge is 0.495 e. The number of hydrogen-bond donors (Lipinski definition) is 1. The average molecular weight is 470 g/mol. The Morgan fingerprint density at radius 2 is 2.07 bits per heavy atom. The van der Waals surface area contributed by atoms with Gasteiger partial charge in [0.1, 0.15) is 18.4 Å². The van der Waals surface area contributed by atoms with E-state index in [0.29, 0.717) is 22.8 Å². The van der Waals surface area contributed by atoms with Gasteiger partial charge < -0.3 is 15.0 Å². The smallest absolute Gasteiger partial charge is 0.229 e. The van der Waals surface area contributed by atoms with Gasteiger partial charge in [-0.05, 0) is 42.8 Å². The molecular weight excluding hydrogens is 450 g/mol. The molecule has 0 radical (unpaired) electrons. The van der Waals surface area contributed by atoms with Gasteiger partial charge >= 0.3 is 0 Å². The van der Waals surface area contributed by atoms with Crippen LogP contribution in [0, 0.1) is 12.8 Å². The monoisotopic (exact) mass is 469 g/mol. The van der Waals surface area contributed by atoms with E-state index in [1.807, 2.05) is 37.3 Å². The molecule has 2 amide bonds. The van der Waals surface area contributed by atoms with E-state index in [2.05, 4.69) is 31.3 Å². The minimum absolute atomic E-state index is 0.107. The van der Waals surface area contributed by atoms with Gasteiger partial charge in [-0.1, -0.05) is 22.0 Å². The van der Waals surface area contributed by atoms with Crippen molar-refractivity contribution in [2.45, 2.75) is 13.3 Å². The number of carbonyl (C=O) groups is 2. The molecule has 1 aromatic heterocycles. The lowest BCUT2D eigenvalue weighted by Gasteiger charge is -2.20. The molecule has 2 heterocycles. The predicted molar refractivity (Wildman–Crippen MR) is 116 cm³/mol. The lowest BCUT2D eigenvalue weighted by Crippen LogP contribution is -2.28. The summed E-state index contributed by atoms with van der Waals surface area (Å²) in [5.41, 5.74) is 2.96. The minimum Gasteiger partial charge on any atom is -0.495 e. The zero-order valence-corrected chi connectivity index (χ0v) is 18.1. The van der Waals surface area contributed by atoms with E-state index >= 15 is 0 Å². The van der Waals surface area contributed by atoms with Crippen LogP contribution in [0.4, 0.5) is 11.4 Å². The van der Waals surface area contributed by atoms with Crippen LogP contribution in [0.5, 0.6) is 5.75 Å². The molecule has 2 aromatic carbocycles. The third-order valence-corrected chi connectivity index (χ3v) is 5.50.